The maximum absolute atomic E-state index is 9.69. The van der Waals surface area contributed by atoms with Gasteiger partial charge in [0, 0.05) is 0 Å². The first-order valence-corrected chi connectivity index (χ1v) is 5.49. The van der Waals surface area contributed by atoms with Crippen LogP contribution < -0.4 is 0 Å². The minimum atomic E-state index is -0.536. The Labute approximate surface area is 82.0 Å². The van der Waals surface area contributed by atoms with Gasteiger partial charge in [-0.1, -0.05) is 40.0 Å². The lowest BCUT2D eigenvalue weighted by molar-refractivity contribution is -0.0196. The highest BCUT2D eigenvalue weighted by atomic mass is 16.3. The third-order valence-electron chi connectivity index (χ3n) is 2.57. The minimum Gasteiger partial charge on any atom is -0.390 e. The molecule has 3 unspecified atom stereocenters. The highest BCUT2D eigenvalue weighted by Crippen LogP contribution is 2.16. The third kappa shape index (κ3) is 5.27. The van der Waals surface area contributed by atoms with Gasteiger partial charge in [-0.3, -0.25) is 0 Å². The predicted octanol–water partition coefficient (Wildman–Crippen LogP) is 2.33. The quantitative estimate of drug-likeness (QED) is 0.644. The van der Waals surface area contributed by atoms with E-state index in [0.717, 1.165) is 32.1 Å². The van der Waals surface area contributed by atoms with Crippen molar-refractivity contribution in [1.82, 2.24) is 0 Å². The first kappa shape index (κ1) is 12.9. The fraction of sp³-hybridized carbons (Fsp3) is 1.00. The molecule has 13 heavy (non-hydrogen) atoms. The van der Waals surface area contributed by atoms with Crippen molar-refractivity contribution in [1.29, 1.82) is 0 Å². The Morgan fingerprint density at radius 2 is 1.62 bits per heavy atom. The topological polar surface area (TPSA) is 40.5 Å². The largest absolute Gasteiger partial charge is 0.390 e. The van der Waals surface area contributed by atoms with Crippen LogP contribution in [-0.4, -0.2) is 22.4 Å². The SMILES string of the molecule is CCCCC(O)C(O)C(C)CCC. The smallest absolute Gasteiger partial charge is 0.0824 e. The Hall–Kier alpha value is -0.0800. The Bertz CT molecular complexity index is 115. The predicted molar refractivity (Wildman–Crippen MR) is 55.6 cm³/mol. The zero-order valence-corrected chi connectivity index (χ0v) is 9.16. The van der Waals surface area contributed by atoms with E-state index in [1.165, 1.54) is 0 Å². The van der Waals surface area contributed by atoms with Gasteiger partial charge >= 0.3 is 0 Å². The maximum atomic E-state index is 9.69. The highest BCUT2D eigenvalue weighted by molar-refractivity contribution is 4.72. The molecule has 0 saturated heterocycles. The van der Waals surface area contributed by atoms with Crippen LogP contribution in [0.1, 0.15) is 52.9 Å². The Kier molecular flexibility index (Phi) is 7.29. The van der Waals surface area contributed by atoms with E-state index in [9.17, 15) is 10.2 Å². The molecule has 0 aromatic carbocycles. The summed E-state index contributed by atoms with van der Waals surface area (Å²) in [5.41, 5.74) is 0. The second-order valence-corrected chi connectivity index (χ2v) is 3.97. The molecule has 0 bridgehead atoms. The van der Waals surface area contributed by atoms with E-state index in [1.54, 1.807) is 0 Å². The molecule has 0 aliphatic rings. The molecule has 80 valence electrons. The van der Waals surface area contributed by atoms with Crippen LogP contribution in [-0.2, 0) is 0 Å². The van der Waals surface area contributed by atoms with E-state index in [1.807, 2.05) is 6.92 Å². The number of aliphatic hydroxyl groups is 2. The van der Waals surface area contributed by atoms with Gasteiger partial charge in [0.05, 0.1) is 12.2 Å². The lowest BCUT2D eigenvalue weighted by atomic mass is 9.93. The number of hydrogen-bond acceptors (Lipinski definition) is 2. The van der Waals surface area contributed by atoms with E-state index < -0.39 is 12.2 Å². The van der Waals surface area contributed by atoms with Gasteiger partial charge < -0.3 is 10.2 Å². The van der Waals surface area contributed by atoms with Gasteiger partial charge in [0.2, 0.25) is 0 Å². The fourth-order valence-corrected chi connectivity index (χ4v) is 1.59. The van der Waals surface area contributed by atoms with Gasteiger partial charge in [-0.25, -0.2) is 0 Å². The van der Waals surface area contributed by atoms with Crippen molar-refractivity contribution in [3.05, 3.63) is 0 Å². The summed E-state index contributed by atoms with van der Waals surface area (Å²) in [6, 6.07) is 0. The monoisotopic (exact) mass is 188 g/mol. The van der Waals surface area contributed by atoms with Gasteiger partial charge in [0.15, 0.2) is 0 Å². The van der Waals surface area contributed by atoms with E-state index in [0.29, 0.717) is 0 Å². The van der Waals surface area contributed by atoms with Crippen molar-refractivity contribution in [2.45, 2.75) is 65.1 Å². The molecular formula is C11H24O2. The van der Waals surface area contributed by atoms with Gasteiger partial charge in [0.1, 0.15) is 0 Å². The molecule has 3 atom stereocenters. The molecule has 0 aliphatic carbocycles. The molecule has 2 N–H and O–H groups in total. The van der Waals surface area contributed by atoms with Crippen molar-refractivity contribution < 1.29 is 10.2 Å². The second-order valence-electron chi connectivity index (χ2n) is 3.97. The lowest BCUT2D eigenvalue weighted by Gasteiger charge is -2.23. The highest BCUT2D eigenvalue weighted by Gasteiger charge is 2.21. The summed E-state index contributed by atoms with van der Waals surface area (Å²) in [5.74, 6) is 0.219. The number of hydrogen-bond donors (Lipinski definition) is 2. The van der Waals surface area contributed by atoms with Crippen molar-refractivity contribution >= 4 is 0 Å². The summed E-state index contributed by atoms with van der Waals surface area (Å²) >= 11 is 0. The van der Waals surface area contributed by atoms with E-state index in [2.05, 4.69) is 13.8 Å². The molecule has 0 spiro atoms. The lowest BCUT2D eigenvalue weighted by Crippen LogP contribution is -2.31. The maximum Gasteiger partial charge on any atom is 0.0824 e. The van der Waals surface area contributed by atoms with Gasteiger partial charge in [-0.2, -0.15) is 0 Å². The molecule has 2 nitrogen and oxygen atoms in total. The normalized spacial score (nSPS) is 18.2. The van der Waals surface area contributed by atoms with Crippen LogP contribution in [0, 0.1) is 5.92 Å². The number of rotatable bonds is 7. The first-order valence-electron chi connectivity index (χ1n) is 5.49. The summed E-state index contributed by atoms with van der Waals surface area (Å²) in [6.07, 6.45) is 3.80. The molecule has 0 aromatic heterocycles. The fourth-order valence-electron chi connectivity index (χ4n) is 1.59. The Morgan fingerprint density at radius 3 is 2.08 bits per heavy atom. The zero-order chi connectivity index (χ0) is 10.3. The molecule has 0 saturated carbocycles. The Balaban J connectivity index is 3.71. The van der Waals surface area contributed by atoms with Crippen LogP contribution in [0.25, 0.3) is 0 Å². The van der Waals surface area contributed by atoms with Gasteiger partial charge in [-0.15, -0.1) is 0 Å². The molecule has 0 aromatic rings. The van der Waals surface area contributed by atoms with E-state index in [-0.39, 0.29) is 5.92 Å². The van der Waals surface area contributed by atoms with Crippen molar-refractivity contribution in [2.24, 2.45) is 5.92 Å². The van der Waals surface area contributed by atoms with Crippen LogP contribution in [0.15, 0.2) is 0 Å². The molecule has 0 fully saturated rings. The third-order valence-corrected chi connectivity index (χ3v) is 2.57. The van der Waals surface area contributed by atoms with Gasteiger partial charge in [0.25, 0.3) is 0 Å². The van der Waals surface area contributed by atoms with Crippen LogP contribution in [0.5, 0.6) is 0 Å². The summed E-state index contributed by atoms with van der Waals surface area (Å²) in [4.78, 5) is 0. The first-order chi connectivity index (χ1) is 6.13. The average Bonchev–Trinajstić information content (AvgIpc) is 2.13. The molecule has 0 amide bonds. The van der Waals surface area contributed by atoms with Crippen LogP contribution in [0.3, 0.4) is 0 Å². The Morgan fingerprint density at radius 1 is 1.00 bits per heavy atom. The molecule has 0 radical (unpaired) electrons. The summed E-state index contributed by atoms with van der Waals surface area (Å²) in [6.45, 7) is 6.19. The second kappa shape index (κ2) is 7.34. The number of unbranched alkanes of at least 4 members (excludes halogenated alkanes) is 1. The molecule has 0 aliphatic heterocycles. The molecule has 0 rings (SSSR count). The summed E-state index contributed by atoms with van der Waals surface area (Å²) in [7, 11) is 0. The van der Waals surface area contributed by atoms with Crippen LogP contribution in [0.4, 0.5) is 0 Å². The van der Waals surface area contributed by atoms with Gasteiger partial charge in [-0.05, 0) is 18.8 Å². The van der Waals surface area contributed by atoms with E-state index >= 15 is 0 Å². The van der Waals surface area contributed by atoms with Crippen LogP contribution in [0.2, 0.25) is 0 Å². The molecule has 0 heterocycles. The van der Waals surface area contributed by atoms with E-state index in [4.69, 9.17) is 0 Å². The average molecular weight is 188 g/mol. The minimum absolute atomic E-state index is 0.219. The van der Waals surface area contributed by atoms with Crippen molar-refractivity contribution in [3.63, 3.8) is 0 Å². The number of aliphatic hydroxyl groups excluding tert-OH is 2. The summed E-state index contributed by atoms with van der Waals surface area (Å²) < 4.78 is 0. The van der Waals surface area contributed by atoms with Crippen molar-refractivity contribution in [2.75, 3.05) is 0 Å². The molecule has 2 heteroatoms. The van der Waals surface area contributed by atoms with Crippen LogP contribution >= 0.6 is 0 Å². The molecular weight excluding hydrogens is 164 g/mol. The van der Waals surface area contributed by atoms with Crippen molar-refractivity contribution in [3.8, 4) is 0 Å². The standard InChI is InChI=1S/C11H24O2/c1-4-6-8-10(12)11(13)9(3)7-5-2/h9-13H,4-8H2,1-3H3. The summed E-state index contributed by atoms with van der Waals surface area (Å²) in [5, 5.41) is 19.3. The zero-order valence-electron chi connectivity index (χ0n) is 9.16.